The minimum absolute atomic E-state index is 0. The van der Waals surface area contributed by atoms with Gasteiger partial charge in [0.1, 0.15) is 5.76 Å². The Morgan fingerprint density at radius 1 is 1.29 bits per heavy atom. The van der Waals surface area contributed by atoms with Crippen LogP contribution in [0, 0.1) is 5.92 Å². The van der Waals surface area contributed by atoms with Gasteiger partial charge >= 0.3 is 0 Å². The maximum absolute atomic E-state index is 11.9. The maximum atomic E-state index is 11.9. The summed E-state index contributed by atoms with van der Waals surface area (Å²) in [6.07, 6.45) is 10.8. The first kappa shape index (κ1) is 23.0. The standard InChI is InChI=1S/C21H34N4O2.HI/c1-2-20(26)25-13-11-18(16-25)24-21(22-12-10-19-9-6-14-27-19)23-15-17-7-4-3-5-8-17;/h6,9,14,17-18H,2-5,7-8,10-13,15-16H2,1H3,(H2,22,23,24);1H. The summed E-state index contributed by atoms with van der Waals surface area (Å²) in [6, 6.07) is 4.20. The minimum atomic E-state index is 0. The number of rotatable bonds is 7. The highest BCUT2D eigenvalue weighted by Gasteiger charge is 2.26. The van der Waals surface area contributed by atoms with Crippen LogP contribution in [0.3, 0.4) is 0 Å². The molecule has 28 heavy (non-hydrogen) atoms. The molecule has 0 aromatic carbocycles. The molecule has 1 unspecified atom stereocenters. The highest BCUT2D eigenvalue weighted by atomic mass is 127. The summed E-state index contributed by atoms with van der Waals surface area (Å²) in [5, 5.41) is 7.02. The SMILES string of the molecule is CCC(=O)N1CCC(NC(=NCC2CCCCC2)NCCc2ccco2)C1.I. The zero-order valence-corrected chi connectivity index (χ0v) is 19.3. The lowest BCUT2D eigenvalue weighted by molar-refractivity contribution is -0.129. The summed E-state index contributed by atoms with van der Waals surface area (Å²) in [4.78, 5) is 18.8. The van der Waals surface area contributed by atoms with Gasteiger partial charge in [-0.1, -0.05) is 26.2 Å². The number of halogens is 1. The number of hydrogen-bond acceptors (Lipinski definition) is 3. The molecule has 0 radical (unpaired) electrons. The van der Waals surface area contributed by atoms with Gasteiger partial charge in [-0.3, -0.25) is 9.79 Å². The normalized spacial score (nSPS) is 20.7. The predicted octanol–water partition coefficient (Wildman–Crippen LogP) is 3.57. The second kappa shape index (κ2) is 12.3. The molecule has 1 aromatic heterocycles. The van der Waals surface area contributed by atoms with Crippen molar-refractivity contribution < 1.29 is 9.21 Å². The number of hydrogen-bond donors (Lipinski definition) is 2. The Bertz CT molecular complexity index is 600. The van der Waals surface area contributed by atoms with Crippen LogP contribution in [0.25, 0.3) is 0 Å². The van der Waals surface area contributed by atoms with Gasteiger partial charge in [0, 0.05) is 45.1 Å². The number of guanidine groups is 1. The van der Waals surface area contributed by atoms with Crippen molar-refractivity contribution in [2.24, 2.45) is 10.9 Å². The van der Waals surface area contributed by atoms with Crippen molar-refractivity contribution in [1.29, 1.82) is 0 Å². The van der Waals surface area contributed by atoms with E-state index in [1.54, 1.807) is 6.26 Å². The Morgan fingerprint density at radius 2 is 2.11 bits per heavy atom. The van der Waals surface area contributed by atoms with Gasteiger partial charge in [-0.2, -0.15) is 0 Å². The van der Waals surface area contributed by atoms with E-state index in [9.17, 15) is 4.79 Å². The third kappa shape index (κ3) is 7.29. The summed E-state index contributed by atoms with van der Waals surface area (Å²) >= 11 is 0. The lowest BCUT2D eigenvalue weighted by Gasteiger charge is -2.22. The van der Waals surface area contributed by atoms with Crippen LogP contribution < -0.4 is 10.6 Å². The maximum Gasteiger partial charge on any atom is 0.222 e. The van der Waals surface area contributed by atoms with Crippen LogP contribution in [0.2, 0.25) is 0 Å². The zero-order valence-electron chi connectivity index (χ0n) is 17.0. The molecule has 2 fully saturated rings. The molecule has 158 valence electrons. The van der Waals surface area contributed by atoms with Crippen LogP contribution in [0.4, 0.5) is 0 Å². The molecule has 1 atom stereocenters. The first-order chi connectivity index (χ1) is 13.2. The molecule has 1 aromatic rings. The van der Waals surface area contributed by atoms with Crippen LogP contribution in [-0.2, 0) is 11.2 Å². The third-order valence-electron chi connectivity index (χ3n) is 5.66. The molecule has 1 aliphatic carbocycles. The Balaban J connectivity index is 0.00000280. The Kier molecular flexibility index (Phi) is 10.2. The van der Waals surface area contributed by atoms with Gasteiger partial charge in [-0.05, 0) is 37.3 Å². The fraction of sp³-hybridized carbons (Fsp3) is 0.714. The van der Waals surface area contributed by atoms with E-state index in [4.69, 9.17) is 9.41 Å². The summed E-state index contributed by atoms with van der Waals surface area (Å²) < 4.78 is 5.41. The van der Waals surface area contributed by atoms with Gasteiger partial charge in [0.2, 0.25) is 5.91 Å². The molecule has 2 aliphatic rings. The Morgan fingerprint density at radius 3 is 2.82 bits per heavy atom. The fourth-order valence-corrected chi connectivity index (χ4v) is 4.02. The van der Waals surface area contributed by atoms with Gasteiger partial charge in [-0.25, -0.2) is 0 Å². The Labute approximate surface area is 185 Å². The summed E-state index contributed by atoms with van der Waals surface area (Å²) in [5.74, 6) is 2.81. The zero-order chi connectivity index (χ0) is 18.9. The lowest BCUT2D eigenvalue weighted by atomic mass is 9.89. The smallest absolute Gasteiger partial charge is 0.222 e. The van der Waals surface area contributed by atoms with E-state index in [2.05, 4.69) is 10.6 Å². The third-order valence-corrected chi connectivity index (χ3v) is 5.66. The number of aliphatic imine (C=N–C) groups is 1. The first-order valence-electron chi connectivity index (χ1n) is 10.6. The average Bonchev–Trinajstić information content (AvgIpc) is 3.38. The van der Waals surface area contributed by atoms with Gasteiger partial charge in [-0.15, -0.1) is 24.0 Å². The minimum Gasteiger partial charge on any atom is -0.469 e. The van der Waals surface area contributed by atoms with Crippen molar-refractivity contribution >= 4 is 35.8 Å². The van der Waals surface area contributed by atoms with E-state index in [0.717, 1.165) is 50.7 Å². The molecule has 1 amide bonds. The molecule has 0 bridgehead atoms. The van der Waals surface area contributed by atoms with Crippen LogP contribution in [-0.4, -0.2) is 49.0 Å². The van der Waals surface area contributed by atoms with E-state index >= 15 is 0 Å². The molecular formula is C21H35IN4O2. The largest absolute Gasteiger partial charge is 0.469 e. The van der Waals surface area contributed by atoms with Crippen molar-refractivity contribution in [2.45, 2.75) is 64.3 Å². The molecule has 1 saturated heterocycles. The molecule has 0 spiro atoms. The topological polar surface area (TPSA) is 69.9 Å². The van der Waals surface area contributed by atoms with E-state index in [0.29, 0.717) is 12.3 Å². The second-order valence-electron chi connectivity index (χ2n) is 7.77. The average molecular weight is 502 g/mol. The number of amides is 1. The summed E-state index contributed by atoms with van der Waals surface area (Å²) in [5.41, 5.74) is 0. The number of carbonyl (C=O) groups excluding carboxylic acids is 1. The molecule has 1 saturated carbocycles. The molecular weight excluding hydrogens is 467 g/mol. The first-order valence-corrected chi connectivity index (χ1v) is 10.6. The van der Waals surface area contributed by atoms with Crippen LogP contribution in [0.5, 0.6) is 0 Å². The van der Waals surface area contributed by atoms with E-state index in [-0.39, 0.29) is 35.9 Å². The molecule has 7 heteroatoms. The lowest BCUT2D eigenvalue weighted by Crippen LogP contribution is -2.45. The van der Waals surface area contributed by atoms with E-state index < -0.39 is 0 Å². The van der Waals surface area contributed by atoms with Crippen LogP contribution >= 0.6 is 24.0 Å². The van der Waals surface area contributed by atoms with Crippen molar-refractivity contribution in [1.82, 2.24) is 15.5 Å². The molecule has 1 aliphatic heterocycles. The summed E-state index contributed by atoms with van der Waals surface area (Å²) in [7, 11) is 0. The molecule has 3 rings (SSSR count). The van der Waals surface area contributed by atoms with Crippen molar-refractivity contribution in [3.63, 3.8) is 0 Å². The predicted molar refractivity (Wildman–Crippen MR) is 123 cm³/mol. The number of nitrogens with zero attached hydrogens (tertiary/aromatic N) is 2. The molecule has 6 nitrogen and oxygen atoms in total. The quantitative estimate of drug-likeness (QED) is 0.340. The van der Waals surface area contributed by atoms with Gasteiger partial charge in [0.05, 0.1) is 6.26 Å². The van der Waals surface area contributed by atoms with Gasteiger partial charge < -0.3 is 20.0 Å². The number of nitrogens with one attached hydrogen (secondary N) is 2. The van der Waals surface area contributed by atoms with Crippen molar-refractivity contribution in [2.75, 3.05) is 26.2 Å². The highest BCUT2D eigenvalue weighted by Crippen LogP contribution is 2.23. The number of carbonyl (C=O) groups is 1. The van der Waals surface area contributed by atoms with Gasteiger partial charge in [0.25, 0.3) is 0 Å². The van der Waals surface area contributed by atoms with Crippen molar-refractivity contribution in [3.8, 4) is 0 Å². The number of furan rings is 1. The van der Waals surface area contributed by atoms with Crippen LogP contribution in [0.15, 0.2) is 27.8 Å². The van der Waals surface area contributed by atoms with Crippen molar-refractivity contribution in [3.05, 3.63) is 24.2 Å². The monoisotopic (exact) mass is 502 g/mol. The molecule has 2 heterocycles. The van der Waals surface area contributed by atoms with Crippen LogP contribution in [0.1, 0.15) is 57.6 Å². The van der Waals surface area contributed by atoms with E-state index in [1.807, 2.05) is 24.0 Å². The van der Waals surface area contributed by atoms with E-state index in [1.165, 1.54) is 32.1 Å². The van der Waals surface area contributed by atoms with Gasteiger partial charge in [0.15, 0.2) is 5.96 Å². The number of likely N-dealkylation sites (tertiary alicyclic amines) is 1. The molecule has 2 N–H and O–H groups in total. The Hall–Kier alpha value is -1.25. The summed E-state index contributed by atoms with van der Waals surface area (Å²) in [6.45, 7) is 5.21. The highest BCUT2D eigenvalue weighted by molar-refractivity contribution is 14.0. The fourth-order valence-electron chi connectivity index (χ4n) is 4.02. The second-order valence-corrected chi connectivity index (χ2v) is 7.77.